The second-order valence-electron chi connectivity index (χ2n) is 6.98. The first kappa shape index (κ1) is 19.6. The second kappa shape index (κ2) is 8.73. The number of fused-ring (bicyclic) bond motifs is 1. The van der Waals surface area contributed by atoms with Crippen LogP contribution in [0.3, 0.4) is 0 Å². The van der Waals surface area contributed by atoms with E-state index in [4.69, 9.17) is 9.47 Å². The highest BCUT2D eigenvalue weighted by molar-refractivity contribution is 5.94. The molecule has 0 radical (unpaired) electrons. The van der Waals surface area contributed by atoms with Gasteiger partial charge in [0.15, 0.2) is 18.2 Å². The van der Waals surface area contributed by atoms with Crippen molar-refractivity contribution in [2.24, 2.45) is 0 Å². The van der Waals surface area contributed by atoms with E-state index < -0.39 is 0 Å². The van der Waals surface area contributed by atoms with Gasteiger partial charge in [0.25, 0.3) is 5.91 Å². The van der Waals surface area contributed by atoms with Gasteiger partial charge in [-0.1, -0.05) is 12.1 Å². The summed E-state index contributed by atoms with van der Waals surface area (Å²) in [4.78, 5) is 32.0. The second-order valence-corrected chi connectivity index (χ2v) is 6.98. The van der Waals surface area contributed by atoms with Gasteiger partial charge in [0.1, 0.15) is 17.6 Å². The van der Waals surface area contributed by atoms with Crippen molar-refractivity contribution in [2.45, 2.75) is 19.4 Å². The van der Waals surface area contributed by atoms with Gasteiger partial charge in [0.2, 0.25) is 0 Å². The molecular weight excluding hydrogens is 382 g/mol. The van der Waals surface area contributed by atoms with E-state index >= 15 is 0 Å². The predicted molar refractivity (Wildman–Crippen MR) is 111 cm³/mol. The highest BCUT2D eigenvalue weighted by atomic mass is 16.5. The highest BCUT2D eigenvalue weighted by Gasteiger charge is 2.26. The molecule has 152 valence electrons. The van der Waals surface area contributed by atoms with Crippen LogP contribution < -0.4 is 14.8 Å². The number of ketones is 1. The van der Waals surface area contributed by atoms with Gasteiger partial charge in [0, 0.05) is 24.4 Å². The number of amides is 1. The Labute approximate surface area is 174 Å². The van der Waals surface area contributed by atoms with E-state index in [-0.39, 0.29) is 24.4 Å². The molecule has 0 saturated carbocycles. The summed E-state index contributed by atoms with van der Waals surface area (Å²) in [6, 6.07) is 14.4. The minimum absolute atomic E-state index is 0.0150. The summed E-state index contributed by atoms with van der Waals surface area (Å²) in [5.74, 6) is 1.66. The van der Waals surface area contributed by atoms with Gasteiger partial charge in [-0.25, -0.2) is 9.97 Å². The number of carbonyl (C=O) groups is 2. The van der Waals surface area contributed by atoms with E-state index in [1.807, 2.05) is 18.2 Å². The quantitative estimate of drug-likeness (QED) is 0.610. The van der Waals surface area contributed by atoms with Crippen LogP contribution in [0.1, 0.15) is 22.8 Å². The van der Waals surface area contributed by atoms with Crippen LogP contribution in [0, 0.1) is 0 Å². The number of Topliss-reactive ketones (excluding diaryl/α,β-unsaturated/α-hetero) is 1. The summed E-state index contributed by atoms with van der Waals surface area (Å²) in [6.45, 7) is 1.76. The number of nitrogens with zero attached hydrogens (tertiary/aromatic N) is 2. The summed E-state index contributed by atoms with van der Waals surface area (Å²) in [6.07, 6.45) is 3.93. The van der Waals surface area contributed by atoms with Gasteiger partial charge in [-0.15, -0.1) is 0 Å². The largest absolute Gasteiger partial charge is 0.487 e. The number of rotatable bonds is 7. The summed E-state index contributed by atoms with van der Waals surface area (Å²) in [7, 11) is 0. The van der Waals surface area contributed by atoms with Crippen LogP contribution >= 0.6 is 0 Å². The lowest BCUT2D eigenvalue weighted by molar-refractivity contribution is -0.123. The molecule has 2 aromatic carbocycles. The fraction of sp³-hybridized carbons (Fsp3) is 0.217. The van der Waals surface area contributed by atoms with Crippen molar-refractivity contribution in [3.05, 3.63) is 72.1 Å². The molecule has 3 aromatic rings. The maximum atomic E-state index is 12.1. The van der Waals surface area contributed by atoms with Gasteiger partial charge in [0.05, 0.1) is 12.1 Å². The third-order valence-corrected chi connectivity index (χ3v) is 4.79. The molecular formula is C23H21N3O4. The van der Waals surface area contributed by atoms with E-state index in [9.17, 15) is 9.59 Å². The maximum absolute atomic E-state index is 12.1. The molecule has 0 fully saturated rings. The fourth-order valence-corrected chi connectivity index (χ4v) is 3.28. The van der Waals surface area contributed by atoms with Gasteiger partial charge in [-0.05, 0) is 48.9 Å². The first-order chi connectivity index (χ1) is 14.6. The smallest absolute Gasteiger partial charge is 0.258 e. The lowest BCUT2D eigenvalue weighted by atomic mass is 10.1. The minimum Gasteiger partial charge on any atom is -0.487 e. The predicted octanol–water partition coefficient (Wildman–Crippen LogP) is 2.84. The van der Waals surface area contributed by atoms with E-state index in [2.05, 4.69) is 15.3 Å². The van der Waals surface area contributed by atoms with Crippen molar-refractivity contribution in [3.63, 3.8) is 0 Å². The first-order valence-corrected chi connectivity index (χ1v) is 9.66. The molecule has 0 bridgehead atoms. The standard InChI is InChI=1S/C23H21N3O4/c1-15(27)16-6-8-18(9-7-16)29-14-21(28)26-13-19-12-17-4-2-5-20(22(17)30-19)23-24-10-3-11-25-23/h2-11,19H,12-14H2,1H3,(H,26,28)/t19-/m1/s1. The number of ether oxygens (including phenoxy) is 2. The fourth-order valence-electron chi connectivity index (χ4n) is 3.28. The molecule has 1 aliphatic heterocycles. The lowest BCUT2D eigenvalue weighted by Gasteiger charge is -2.13. The molecule has 7 heteroatoms. The molecule has 0 spiro atoms. The van der Waals surface area contributed by atoms with Gasteiger partial charge >= 0.3 is 0 Å². The molecule has 0 unspecified atom stereocenters. The molecule has 1 N–H and O–H groups in total. The summed E-state index contributed by atoms with van der Waals surface area (Å²) >= 11 is 0. The highest BCUT2D eigenvalue weighted by Crippen LogP contribution is 2.37. The molecule has 7 nitrogen and oxygen atoms in total. The third kappa shape index (κ3) is 4.46. The van der Waals surface area contributed by atoms with Crippen molar-refractivity contribution in [1.29, 1.82) is 0 Å². The SMILES string of the molecule is CC(=O)c1ccc(OCC(=O)NC[C@H]2Cc3cccc(-c4ncccn4)c3O2)cc1. The van der Waals surface area contributed by atoms with Crippen LogP contribution in [0.25, 0.3) is 11.4 Å². The number of hydrogen-bond donors (Lipinski definition) is 1. The average Bonchev–Trinajstić information content (AvgIpc) is 3.20. The van der Waals surface area contributed by atoms with Gasteiger partial charge < -0.3 is 14.8 Å². The summed E-state index contributed by atoms with van der Waals surface area (Å²) in [5.41, 5.74) is 2.52. The number of carbonyl (C=O) groups excluding carboxylic acids is 2. The molecule has 1 atom stereocenters. The Balaban J connectivity index is 1.29. The molecule has 0 aliphatic carbocycles. The van der Waals surface area contributed by atoms with E-state index in [1.165, 1.54) is 6.92 Å². The van der Waals surface area contributed by atoms with Gasteiger partial charge in [-0.3, -0.25) is 9.59 Å². The molecule has 4 rings (SSSR count). The number of aromatic nitrogens is 2. The monoisotopic (exact) mass is 403 g/mol. The van der Waals surface area contributed by atoms with Crippen LogP contribution in [0.2, 0.25) is 0 Å². The van der Waals surface area contributed by atoms with Crippen LogP contribution in [0.5, 0.6) is 11.5 Å². The van der Waals surface area contributed by atoms with Crippen molar-refractivity contribution >= 4 is 11.7 Å². The molecule has 1 aromatic heterocycles. The zero-order valence-electron chi connectivity index (χ0n) is 16.5. The van der Waals surface area contributed by atoms with Crippen LogP contribution in [0.15, 0.2) is 60.9 Å². The first-order valence-electron chi connectivity index (χ1n) is 9.66. The van der Waals surface area contributed by atoms with E-state index in [1.54, 1.807) is 42.7 Å². The number of hydrogen-bond acceptors (Lipinski definition) is 6. The summed E-state index contributed by atoms with van der Waals surface area (Å²) < 4.78 is 11.5. The Morgan fingerprint density at radius 2 is 1.87 bits per heavy atom. The van der Waals surface area contributed by atoms with Crippen LogP contribution in [-0.2, 0) is 11.2 Å². The Bertz CT molecular complexity index is 1050. The zero-order chi connectivity index (χ0) is 20.9. The Hall–Kier alpha value is -3.74. The van der Waals surface area contributed by atoms with Crippen molar-refractivity contribution in [2.75, 3.05) is 13.2 Å². The van der Waals surface area contributed by atoms with E-state index in [0.717, 1.165) is 16.9 Å². The minimum atomic E-state index is -0.239. The zero-order valence-corrected chi connectivity index (χ0v) is 16.5. The van der Waals surface area contributed by atoms with Crippen LogP contribution in [0.4, 0.5) is 0 Å². The van der Waals surface area contributed by atoms with Crippen molar-refractivity contribution in [3.8, 4) is 22.9 Å². The molecule has 2 heterocycles. The topological polar surface area (TPSA) is 90.4 Å². The average molecular weight is 403 g/mol. The normalized spacial score (nSPS) is 14.5. The van der Waals surface area contributed by atoms with Crippen LogP contribution in [-0.4, -0.2) is 40.9 Å². The summed E-state index contributed by atoms with van der Waals surface area (Å²) in [5, 5.41) is 2.84. The molecule has 0 saturated heterocycles. The Morgan fingerprint density at radius 3 is 2.60 bits per heavy atom. The number of benzene rings is 2. The molecule has 1 aliphatic rings. The Kier molecular flexibility index (Phi) is 5.70. The number of nitrogens with one attached hydrogen (secondary N) is 1. The molecule has 30 heavy (non-hydrogen) atoms. The van der Waals surface area contributed by atoms with E-state index in [0.29, 0.717) is 30.1 Å². The van der Waals surface area contributed by atoms with Crippen molar-refractivity contribution in [1.82, 2.24) is 15.3 Å². The number of para-hydroxylation sites is 1. The van der Waals surface area contributed by atoms with Crippen molar-refractivity contribution < 1.29 is 19.1 Å². The lowest BCUT2D eigenvalue weighted by Crippen LogP contribution is -2.37. The Morgan fingerprint density at radius 1 is 1.10 bits per heavy atom. The third-order valence-electron chi connectivity index (χ3n) is 4.79. The maximum Gasteiger partial charge on any atom is 0.258 e. The van der Waals surface area contributed by atoms with Gasteiger partial charge in [-0.2, -0.15) is 0 Å². The molecule has 1 amide bonds.